The Balaban J connectivity index is 0.000000353. The van der Waals surface area contributed by atoms with Crippen LogP contribution in [-0.2, 0) is 22.5 Å². The fraction of sp³-hybridized carbons (Fsp3) is 0.308. The second-order valence-corrected chi connectivity index (χ2v) is 11.6. The molecule has 0 amide bonds. The highest BCUT2D eigenvalue weighted by atomic mass is 32.2. The van der Waals surface area contributed by atoms with Crippen LogP contribution in [0.4, 0.5) is 83.4 Å². The first-order valence-electron chi connectivity index (χ1n) is 12.2. The third-order valence-corrected chi connectivity index (χ3v) is 7.57. The van der Waals surface area contributed by atoms with Crippen LogP contribution in [0.5, 0.6) is 0 Å². The molecule has 0 bridgehead atoms. The second-order valence-electron chi connectivity index (χ2n) is 9.64. The molecule has 0 heterocycles. The van der Waals surface area contributed by atoms with Gasteiger partial charge in [0.05, 0.1) is 11.1 Å². The van der Waals surface area contributed by atoms with E-state index < -0.39 is 68.7 Å². The van der Waals surface area contributed by atoms with Gasteiger partial charge in [0, 0.05) is 10.5 Å². The largest absolute Gasteiger partial charge is 0.460 e. The summed E-state index contributed by atoms with van der Waals surface area (Å²) < 4.78 is 264. The summed E-state index contributed by atoms with van der Waals surface area (Å²) in [6.07, 6.45) is -16.5. The Morgan fingerprint density at radius 2 is 0.840 bits per heavy atom. The summed E-state index contributed by atoms with van der Waals surface area (Å²) in [6.45, 7) is 0. The van der Waals surface area contributed by atoms with E-state index in [-0.39, 0.29) is 0 Å². The van der Waals surface area contributed by atoms with Crippen LogP contribution in [0.2, 0.25) is 0 Å². The van der Waals surface area contributed by atoms with Gasteiger partial charge in [0.1, 0.15) is 0 Å². The molecule has 1 N–H and O–H groups in total. The van der Waals surface area contributed by atoms with Crippen LogP contribution >= 0.6 is 12.6 Å². The highest BCUT2D eigenvalue weighted by Crippen LogP contribution is 2.61. The Morgan fingerprint density at radius 3 is 1.18 bits per heavy atom. The third-order valence-electron chi connectivity index (χ3n) is 6.30. The fourth-order valence-corrected chi connectivity index (χ4v) is 4.45. The van der Waals surface area contributed by atoms with E-state index in [1.165, 1.54) is 24.3 Å². The van der Waals surface area contributed by atoms with Crippen molar-refractivity contribution in [3.8, 4) is 22.3 Å². The standard InChI is InChI=1S/C20H12F6S.C6HF13O3S/c21-19(22,23)14-8-4-12(5-9-14)16-2-1-3-17(27)18(16)13-6-10-15(11-7-13)20(24,25)26;7-1(8,3(11,12)5(15,16)17)2(9,10)4(13,14)6(18,19)23(20,21)22/h1-11,27H;(H,20,21,22). The number of hydrogen-bond donors (Lipinski definition) is 2. The highest BCUT2D eigenvalue weighted by molar-refractivity contribution is 7.87. The molecule has 280 valence electrons. The zero-order chi connectivity index (χ0) is 39.3. The van der Waals surface area contributed by atoms with E-state index in [2.05, 4.69) is 12.6 Å². The maximum atomic E-state index is 12.8. The van der Waals surface area contributed by atoms with Crippen molar-refractivity contribution in [2.45, 2.75) is 52.4 Å². The minimum absolute atomic E-state index is 0.489. The SMILES string of the molecule is FC(F)(F)c1ccc(-c2cccc(S)c2-c2ccc(C(F)(F)F)cc2)cc1.O=S(=O)(O)C(F)(F)C(F)(F)C(F)(F)C(F)(F)C(F)(F)C(F)(F)F. The maximum Gasteiger partial charge on any atom is 0.460 e. The lowest BCUT2D eigenvalue weighted by Gasteiger charge is -2.38. The van der Waals surface area contributed by atoms with E-state index in [4.69, 9.17) is 4.55 Å². The molecule has 24 heteroatoms. The second kappa shape index (κ2) is 13.3. The van der Waals surface area contributed by atoms with E-state index in [1.807, 2.05) is 0 Å². The molecule has 0 aliphatic heterocycles. The molecule has 3 aromatic carbocycles. The lowest BCUT2D eigenvalue weighted by Crippen LogP contribution is -2.71. The van der Waals surface area contributed by atoms with Gasteiger partial charge in [-0.25, -0.2) is 0 Å². The lowest BCUT2D eigenvalue weighted by molar-refractivity contribution is -0.433. The molecule has 0 aromatic heterocycles. The van der Waals surface area contributed by atoms with Gasteiger partial charge in [0.2, 0.25) is 0 Å². The Hall–Kier alpha value is -3.41. The lowest BCUT2D eigenvalue weighted by atomic mass is 9.93. The molecule has 0 unspecified atom stereocenters. The van der Waals surface area contributed by atoms with Crippen LogP contribution < -0.4 is 0 Å². The first-order chi connectivity index (χ1) is 22.1. The van der Waals surface area contributed by atoms with Crippen LogP contribution in [0, 0.1) is 0 Å². The number of alkyl halides is 19. The average molecular weight is 798 g/mol. The van der Waals surface area contributed by atoms with Crippen LogP contribution in [-0.4, -0.2) is 48.1 Å². The Morgan fingerprint density at radius 1 is 0.480 bits per heavy atom. The van der Waals surface area contributed by atoms with Gasteiger partial charge in [-0.3, -0.25) is 4.55 Å². The van der Waals surface area contributed by atoms with Gasteiger partial charge < -0.3 is 0 Å². The number of rotatable bonds is 7. The van der Waals surface area contributed by atoms with Crippen molar-refractivity contribution in [2.75, 3.05) is 0 Å². The minimum atomic E-state index is -8.25. The predicted molar refractivity (Wildman–Crippen MR) is 137 cm³/mol. The quantitative estimate of drug-likeness (QED) is 0.142. The van der Waals surface area contributed by atoms with Gasteiger partial charge >= 0.3 is 57.6 Å². The van der Waals surface area contributed by atoms with Gasteiger partial charge in [0.25, 0.3) is 0 Å². The molecule has 0 radical (unpaired) electrons. The van der Waals surface area contributed by atoms with Crippen molar-refractivity contribution in [3.63, 3.8) is 0 Å². The third kappa shape index (κ3) is 7.75. The summed E-state index contributed by atoms with van der Waals surface area (Å²) in [7, 11) is -7.61. The van der Waals surface area contributed by atoms with Gasteiger partial charge in [-0.15, -0.1) is 12.6 Å². The van der Waals surface area contributed by atoms with E-state index in [0.29, 0.717) is 27.1 Å². The summed E-state index contributed by atoms with van der Waals surface area (Å²) in [5.41, 5.74) is 0.575. The van der Waals surface area contributed by atoms with Crippen molar-refractivity contribution in [3.05, 3.63) is 77.9 Å². The molecule has 3 nitrogen and oxygen atoms in total. The van der Waals surface area contributed by atoms with Crippen molar-refractivity contribution < 1.29 is 96.4 Å². The average Bonchev–Trinajstić information content (AvgIpc) is 2.95. The summed E-state index contributed by atoms with van der Waals surface area (Å²) >= 11 is 4.38. The number of thiol groups is 1. The van der Waals surface area contributed by atoms with E-state index in [0.717, 1.165) is 24.3 Å². The van der Waals surface area contributed by atoms with E-state index in [9.17, 15) is 91.8 Å². The zero-order valence-corrected chi connectivity index (χ0v) is 24.9. The Bertz CT molecular complexity index is 1760. The van der Waals surface area contributed by atoms with E-state index in [1.54, 1.807) is 18.2 Å². The molecule has 3 rings (SSSR count). The minimum Gasteiger partial charge on any atom is -0.281 e. The highest BCUT2D eigenvalue weighted by Gasteiger charge is 2.92. The summed E-state index contributed by atoms with van der Waals surface area (Å²) in [4.78, 5) is 0.507. The number of hydrogen-bond acceptors (Lipinski definition) is 3. The molecule has 0 aliphatic carbocycles. The normalized spacial score (nSPS) is 14.3. The smallest absolute Gasteiger partial charge is 0.281 e. The van der Waals surface area contributed by atoms with Crippen LogP contribution in [0.15, 0.2) is 71.6 Å². The summed E-state index contributed by atoms with van der Waals surface area (Å²) in [6, 6.07) is 14.2. The van der Waals surface area contributed by atoms with Crippen LogP contribution in [0.1, 0.15) is 11.1 Å². The molecule has 0 atom stereocenters. The Labute approximate surface area is 271 Å². The maximum absolute atomic E-state index is 12.8. The van der Waals surface area contributed by atoms with Crippen molar-refractivity contribution in [1.82, 2.24) is 0 Å². The molecular formula is C26H13F19O3S2. The first kappa shape index (κ1) is 42.8. The predicted octanol–water partition coefficient (Wildman–Crippen LogP) is 10.9. The van der Waals surface area contributed by atoms with Gasteiger partial charge in [0.15, 0.2) is 0 Å². The molecule has 0 saturated carbocycles. The number of halogens is 19. The molecule has 3 aromatic rings. The Kier molecular flexibility index (Phi) is 11.4. The first-order valence-corrected chi connectivity index (χ1v) is 14.1. The van der Waals surface area contributed by atoms with Gasteiger partial charge in [-0.2, -0.15) is 91.8 Å². The molecule has 0 saturated heterocycles. The van der Waals surface area contributed by atoms with Gasteiger partial charge in [-0.1, -0.05) is 36.4 Å². The molecular weight excluding hydrogens is 785 g/mol. The topological polar surface area (TPSA) is 54.4 Å². The molecule has 0 fully saturated rings. The van der Waals surface area contributed by atoms with Crippen molar-refractivity contribution in [1.29, 1.82) is 0 Å². The summed E-state index contributed by atoms with van der Waals surface area (Å²) in [5, 5.41) is -7.52. The number of benzene rings is 3. The monoisotopic (exact) mass is 798 g/mol. The zero-order valence-electron chi connectivity index (χ0n) is 23.2. The molecule has 0 spiro atoms. The van der Waals surface area contributed by atoms with Crippen LogP contribution in [0.25, 0.3) is 22.3 Å². The van der Waals surface area contributed by atoms with E-state index >= 15 is 0 Å². The van der Waals surface area contributed by atoms with Crippen LogP contribution in [0.3, 0.4) is 0 Å². The summed E-state index contributed by atoms with van der Waals surface area (Å²) in [5.74, 6) is -32.5. The van der Waals surface area contributed by atoms with Crippen molar-refractivity contribution >= 4 is 22.7 Å². The molecule has 50 heavy (non-hydrogen) atoms. The van der Waals surface area contributed by atoms with Gasteiger partial charge in [-0.05, 0) is 47.0 Å². The molecule has 0 aliphatic rings. The van der Waals surface area contributed by atoms with Crippen molar-refractivity contribution in [2.24, 2.45) is 0 Å². The fourth-order valence-electron chi connectivity index (χ4n) is 3.67.